The average Bonchev–Trinajstić information content (AvgIpc) is 2.87. The van der Waals surface area contributed by atoms with Gasteiger partial charge in [0.15, 0.2) is 6.29 Å². The van der Waals surface area contributed by atoms with E-state index in [1.807, 2.05) is 60.7 Å². The van der Waals surface area contributed by atoms with E-state index in [2.05, 4.69) is 22.8 Å². The highest BCUT2D eigenvalue weighted by Gasteiger charge is 2.04. The Labute approximate surface area is 211 Å². The summed E-state index contributed by atoms with van der Waals surface area (Å²) in [7, 11) is 0. The summed E-state index contributed by atoms with van der Waals surface area (Å²) in [5.41, 5.74) is 3.83. The van der Waals surface area contributed by atoms with Crippen LogP contribution >= 0.6 is 0 Å². The van der Waals surface area contributed by atoms with Gasteiger partial charge < -0.3 is 15.7 Å². The van der Waals surface area contributed by atoms with Gasteiger partial charge in [0.05, 0.1) is 6.61 Å². The molecule has 4 aromatic rings. The third kappa shape index (κ3) is 7.48. The van der Waals surface area contributed by atoms with Gasteiger partial charge in [0.25, 0.3) is 0 Å². The molecule has 0 saturated heterocycles. The first kappa shape index (κ1) is 26.6. The van der Waals surface area contributed by atoms with Crippen LogP contribution in [0, 0.1) is 0 Å². The SMILES string of the molecule is CC(=O)NCCc1cc(C=O)c2ccccc2c1.CC(=O)NCCc1cc(CO)c2ccccc2c1. The van der Waals surface area contributed by atoms with Crippen LogP contribution < -0.4 is 10.6 Å². The number of fused-ring (bicyclic) bond motifs is 2. The number of carbonyl (C=O) groups is 3. The van der Waals surface area contributed by atoms with Crippen LogP contribution in [0.2, 0.25) is 0 Å². The summed E-state index contributed by atoms with van der Waals surface area (Å²) in [5, 5.41) is 19.2. The lowest BCUT2D eigenvalue weighted by Crippen LogP contribution is -2.22. The van der Waals surface area contributed by atoms with Crippen LogP contribution in [0.25, 0.3) is 21.5 Å². The Morgan fingerprint density at radius 1 is 0.750 bits per heavy atom. The van der Waals surface area contributed by atoms with Crippen molar-refractivity contribution in [3.63, 3.8) is 0 Å². The van der Waals surface area contributed by atoms with Gasteiger partial charge in [0.2, 0.25) is 11.8 Å². The van der Waals surface area contributed by atoms with Gasteiger partial charge in [-0.15, -0.1) is 0 Å². The highest BCUT2D eigenvalue weighted by atomic mass is 16.3. The second kappa shape index (κ2) is 13.2. The standard InChI is InChI=1S/C15H17NO2.C15H15NO2/c2*1-11(18)16-7-6-12-8-13-4-2-3-5-15(13)14(9-12)10-17/h2-5,8-9,17H,6-7,10H2,1H3,(H,16,18);2-5,8-10H,6-7H2,1H3,(H,16,18). The van der Waals surface area contributed by atoms with Crippen LogP contribution in [0.5, 0.6) is 0 Å². The highest BCUT2D eigenvalue weighted by Crippen LogP contribution is 2.22. The van der Waals surface area contributed by atoms with Crippen molar-refractivity contribution in [1.29, 1.82) is 0 Å². The molecule has 3 N–H and O–H groups in total. The fourth-order valence-electron chi connectivity index (χ4n) is 4.15. The lowest BCUT2D eigenvalue weighted by molar-refractivity contribution is -0.119. The van der Waals surface area contributed by atoms with Crippen molar-refractivity contribution in [2.24, 2.45) is 0 Å². The molecule has 0 fully saturated rings. The minimum Gasteiger partial charge on any atom is -0.392 e. The van der Waals surface area contributed by atoms with E-state index in [1.54, 1.807) is 0 Å². The molecule has 0 aliphatic carbocycles. The summed E-state index contributed by atoms with van der Waals surface area (Å²) in [5.74, 6) is -0.0513. The van der Waals surface area contributed by atoms with E-state index in [-0.39, 0.29) is 18.4 Å². The van der Waals surface area contributed by atoms with Gasteiger partial charge in [0.1, 0.15) is 0 Å². The Hall–Kier alpha value is -4.03. The van der Waals surface area contributed by atoms with Crippen LogP contribution in [0.15, 0.2) is 72.8 Å². The summed E-state index contributed by atoms with van der Waals surface area (Å²) >= 11 is 0. The van der Waals surface area contributed by atoms with Gasteiger partial charge in [-0.05, 0) is 57.1 Å². The Morgan fingerprint density at radius 3 is 1.78 bits per heavy atom. The van der Waals surface area contributed by atoms with Crippen LogP contribution in [0.4, 0.5) is 0 Å². The van der Waals surface area contributed by atoms with Gasteiger partial charge in [-0.2, -0.15) is 0 Å². The number of nitrogens with one attached hydrogen (secondary N) is 2. The molecule has 0 unspecified atom stereocenters. The predicted molar refractivity (Wildman–Crippen MR) is 144 cm³/mol. The number of carbonyl (C=O) groups excluding carboxylic acids is 3. The topological polar surface area (TPSA) is 95.5 Å². The molecular weight excluding hydrogens is 452 g/mol. The minimum absolute atomic E-state index is 0.0156. The molecule has 6 nitrogen and oxygen atoms in total. The highest BCUT2D eigenvalue weighted by molar-refractivity contribution is 5.98. The molecular formula is C30H32N2O4. The second-order valence-electron chi connectivity index (χ2n) is 8.62. The summed E-state index contributed by atoms with van der Waals surface area (Å²) in [4.78, 5) is 32.7. The maximum absolute atomic E-state index is 11.1. The molecule has 0 heterocycles. The van der Waals surface area contributed by atoms with Crippen molar-refractivity contribution in [3.8, 4) is 0 Å². The maximum atomic E-state index is 11.1. The lowest BCUT2D eigenvalue weighted by atomic mass is 10.00. The fourth-order valence-corrected chi connectivity index (χ4v) is 4.15. The molecule has 4 rings (SSSR count). The quantitative estimate of drug-likeness (QED) is 0.324. The van der Waals surface area contributed by atoms with Crippen molar-refractivity contribution in [2.45, 2.75) is 33.3 Å². The molecule has 186 valence electrons. The predicted octanol–water partition coefficient (Wildman–Crippen LogP) is 4.34. The van der Waals surface area contributed by atoms with E-state index in [1.165, 1.54) is 13.8 Å². The van der Waals surface area contributed by atoms with Crippen molar-refractivity contribution >= 4 is 39.6 Å². The molecule has 36 heavy (non-hydrogen) atoms. The number of hydrogen-bond acceptors (Lipinski definition) is 4. The van der Waals surface area contributed by atoms with Crippen molar-refractivity contribution < 1.29 is 19.5 Å². The number of aliphatic hydroxyl groups excluding tert-OH is 1. The van der Waals surface area contributed by atoms with Crippen LogP contribution in [0.3, 0.4) is 0 Å². The number of benzene rings is 4. The molecule has 6 heteroatoms. The number of amides is 2. The van der Waals surface area contributed by atoms with Gasteiger partial charge in [-0.3, -0.25) is 14.4 Å². The molecule has 0 spiro atoms. The summed E-state index contributed by atoms with van der Waals surface area (Å²) in [6.07, 6.45) is 2.38. The number of aliphatic hydroxyl groups is 1. The largest absolute Gasteiger partial charge is 0.392 e. The first-order chi connectivity index (χ1) is 17.4. The van der Waals surface area contributed by atoms with Gasteiger partial charge in [-0.1, -0.05) is 66.7 Å². The van der Waals surface area contributed by atoms with E-state index < -0.39 is 0 Å². The monoisotopic (exact) mass is 484 g/mol. The van der Waals surface area contributed by atoms with Crippen molar-refractivity contribution in [1.82, 2.24) is 10.6 Å². The summed E-state index contributed by atoms with van der Waals surface area (Å²) in [6, 6.07) is 23.9. The van der Waals surface area contributed by atoms with Gasteiger partial charge in [-0.25, -0.2) is 0 Å². The van der Waals surface area contributed by atoms with Gasteiger partial charge >= 0.3 is 0 Å². The smallest absolute Gasteiger partial charge is 0.216 e. The third-order valence-corrected chi connectivity index (χ3v) is 5.83. The van der Waals surface area contributed by atoms with Crippen LogP contribution in [-0.4, -0.2) is 36.3 Å². The summed E-state index contributed by atoms with van der Waals surface area (Å²) < 4.78 is 0. The molecule has 0 bridgehead atoms. The molecule has 0 radical (unpaired) electrons. The molecule has 0 saturated carbocycles. The number of aldehydes is 1. The van der Waals surface area contributed by atoms with E-state index in [0.29, 0.717) is 18.7 Å². The molecule has 2 amide bonds. The zero-order chi connectivity index (χ0) is 25.9. The number of hydrogen-bond donors (Lipinski definition) is 3. The van der Waals surface area contributed by atoms with Crippen LogP contribution in [0.1, 0.15) is 40.9 Å². The maximum Gasteiger partial charge on any atom is 0.216 e. The minimum atomic E-state index is -0.0357. The fraction of sp³-hybridized carbons (Fsp3) is 0.233. The Morgan fingerprint density at radius 2 is 1.25 bits per heavy atom. The van der Waals surface area contributed by atoms with Crippen LogP contribution in [-0.2, 0) is 29.0 Å². The molecule has 0 atom stereocenters. The Bertz CT molecular complexity index is 1360. The van der Waals surface area contributed by atoms with E-state index in [0.717, 1.165) is 57.4 Å². The zero-order valence-corrected chi connectivity index (χ0v) is 20.7. The Balaban J connectivity index is 0.000000201. The Kier molecular flexibility index (Phi) is 9.72. The molecule has 0 aliphatic heterocycles. The average molecular weight is 485 g/mol. The zero-order valence-electron chi connectivity index (χ0n) is 20.7. The molecule has 4 aromatic carbocycles. The first-order valence-electron chi connectivity index (χ1n) is 12.0. The van der Waals surface area contributed by atoms with E-state index in [4.69, 9.17) is 0 Å². The van der Waals surface area contributed by atoms with Gasteiger partial charge in [0, 0.05) is 32.5 Å². The normalized spacial score (nSPS) is 10.4. The lowest BCUT2D eigenvalue weighted by Gasteiger charge is -2.09. The van der Waals surface area contributed by atoms with Crippen molar-refractivity contribution in [3.05, 3.63) is 95.1 Å². The second-order valence-corrected chi connectivity index (χ2v) is 8.62. The van der Waals surface area contributed by atoms with E-state index >= 15 is 0 Å². The third-order valence-electron chi connectivity index (χ3n) is 5.83. The number of rotatable bonds is 8. The molecule has 0 aromatic heterocycles. The van der Waals surface area contributed by atoms with E-state index in [9.17, 15) is 19.5 Å². The van der Waals surface area contributed by atoms with Crippen molar-refractivity contribution in [2.75, 3.05) is 13.1 Å². The first-order valence-corrected chi connectivity index (χ1v) is 12.0. The molecule has 0 aliphatic rings. The summed E-state index contributed by atoms with van der Waals surface area (Å²) in [6.45, 7) is 4.26.